The molecule has 2 N–H and O–H groups in total. The fraction of sp³-hybridized carbons (Fsp3) is 0.824. The molecule has 4 atom stereocenters. The minimum Gasteiger partial charge on any atom is -0.348 e. The molecule has 0 spiro atoms. The Morgan fingerprint density at radius 2 is 1.96 bits per heavy atom. The molecule has 6 heteroatoms. The number of rotatable bonds is 3. The minimum atomic E-state index is -0.158. The fourth-order valence-corrected chi connectivity index (χ4v) is 6.74. The van der Waals surface area contributed by atoms with Crippen LogP contribution in [0.1, 0.15) is 58.2 Å². The van der Waals surface area contributed by atoms with E-state index in [0.29, 0.717) is 22.1 Å². The zero-order valence-electron chi connectivity index (χ0n) is 14.2. The molecular weight excluding hydrogens is 308 g/mol. The molecule has 1 aromatic rings. The van der Waals surface area contributed by atoms with E-state index in [4.69, 9.17) is 12.2 Å². The second kappa shape index (κ2) is 4.68. The average molecular weight is 334 g/mol. The molecule has 0 radical (unpaired) electrons. The van der Waals surface area contributed by atoms with E-state index in [0.717, 1.165) is 31.0 Å². The number of amides is 1. The zero-order chi connectivity index (χ0) is 16.5. The first-order chi connectivity index (χ1) is 10.7. The summed E-state index contributed by atoms with van der Waals surface area (Å²) in [5.74, 6) is 1.74. The Balaban J connectivity index is 1.54. The maximum Gasteiger partial charge on any atom is 0.226 e. The van der Waals surface area contributed by atoms with Gasteiger partial charge in [0.15, 0.2) is 10.6 Å². The number of hydrogen-bond acceptors (Lipinski definition) is 3. The van der Waals surface area contributed by atoms with Crippen LogP contribution in [-0.2, 0) is 18.4 Å². The highest BCUT2D eigenvalue weighted by Gasteiger charge is 2.62. The van der Waals surface area contributed by atoms with E-state index >= 15 is 0 Å². The van der Waals surface area contributed by atoms with Gasteiger partial charge in [-0.05, 0) is 67.5 Å². The first kappa shape index (κ1) is 15.4. The molecule has 0 saturated heterocycles. The third kappa shape index (κ3) is 2.37. The van der Waals surface area contributed by atoms with Crippen LogP contribution < -0.4 is 5.32 Å². The second-order valence-electron chi connectivity index (χ2n) is 9.10. The zero-order valence-corrected chi connectivity index (χ0v) is 15.1. The standard InChI is InChI=1S/C17H26N4OS/c1-15-4-11-5-16(2,8-15)10-17(6-11,9-15)13(22)18-7-12-19-20-14(23)21(12)3/h11H,4-10H2,1-3H3,(H,18,22)(H,20,23)/t11?,15-,16+,17?. The summed E-state index contributed by atoms with van der Waals surface area (Å²) in [6.45, 7) is 5.24. The topological polar surface area (TPSA) is 62.7 Å². The molecule has 1 aromatic heterocycles. The molecule has 126 valence electrons. The van der Waals surface area contributed by atoms with E-state index < -0.39 is 0 Å². The first-order valence-electron chi connectivity index (χ1n) is 8.61. The predicted octanol–water partition coefficient (Wildman–Crippen LogP) is 3.09. The predicted molar refractivity (Wildman–Crippen MR) is 90.1 cm³/mol. The highest BCUT2D eigenvalue weighted by atomic mass is 32.1. The Bertz CT molecular complexity index is 702. The van der Waals surface area contributed by atoms with E-state index in [9.17, 15) is 4.79 Å². The van der Waals surface area contributed by atoms with E-state index in [1.165, 1.54) is 19.3 Å². The van der Waals surface area contributed by atoms with Crippen molar-refractivity contribution < 1.29 is 4.79 Å². The van der Waals surface area contributed by atoms with Gasteiger partial charge in [-0.25, -0.2) is 0 Å². The highest BCUT2D eigenvalue weighted by Crippen LogP contribution is 2.69. The molecule has 23 heavy (non-hydrogen) atoms. The van der Waals surface area contributed by atoms with Crippen molar-refractivity contribution in [3.8, 4) is 0 Å². The molecule has 1 amide bonds. The van der Waals surface area contributed by atoms with Crippen LogP contribution in [-0.4, -0.2) is 20.7 Å². The van der Waals surface area contributed by atoms with Crippen molar-refractivity contribution in [1.82, 2.24) is 20.1 Å². The number of nitrogens with zero attached hydrogens (tertiary/aromatic N) is 2. The number of H-pyrrole nitrogens is 1. The summed E-state index contributed by atoms with van der Waals surface area (Å²) in [4.78, 5) is 13.1. The van der Waals surface area contributed by atoms with Crippen LogP contribution in [0.4, 0.5) is 0 Å². The molecule has 0 aliphatic heterocycles. The van der Waals surface area contributed by atoms with Crippen molar-refractivity contribution in [1.29, 1.82) is 0 Å². The van der Waals surface area contributed by atoms with E-state index in [1.807, 2.05) is 11.6 Å². The first-order valence-corrected chi connectivity index (χ1v) is 9.02. The largest absolute Gasteiger partial charge is 0.348 e. The van der Waals surface area contributed by atoms with Crippen LogP contribution >= 0.6 is 12.2 Å². The van der Waals surface area contributed by atoms with Crippen LogP contribution in [0, 0.1) is 26.9 Å². The van der Waals surface area contributed by atoms with Gasteiger partial charge in [0.2, 0.25) is 5.91 Å². The van der Waals surface area contributed by atoms with Crippen molar-refractivity contribution in [3.05, 3.63) is 10.6 Å². The Labute approximate surface area is 142 Å². The molecule has 4 aliphatic rings. The lowest BCUT2D eigenvalue weighted by atomic mass is 9.40. The van der Waals surface area contributed by atoms with Crippen molar-refractivity contribution in [2.24, 2.45) is 29.2 Å². The lowest BCUT2D eigenvalue weighted by molar-refractivity contribution is -0.170. The number of carbonyl (C=O) groups is 1. The smallest absolute Gasteiger partial charge is 0.226 e. The Hall–Kier alpha value is -1.17. The third-order valence-electron chi connectivity index (χ3n) is 6.49. The summed E-state index contributed by atoms with van der Waals surface area (Å²) in [5, 5.41) is 10.1. The minimum absolute atomic E-state index is 0.158. The summed E-state index contributed by atoms with van der Waals surface area (Å²) in [5.41, 5.74) is 0.557. The van der Waals surface area contributed by atoms with Crippen molar-refractivity contribution >= 4 is 18.1 Å². The van der Waals surface area contributed by atoms with Gasteiger partial charge in [-0.15, -0.1) is 0 Å². The molecule has 2 unspecified atom stereocenters. The van der Waals surface area contributed by atoms with E-state index in [1.54, 1.807) is 0 Å². The molecule has 4 fully saturated rings. The quantitative estimate of drug-likeness (QED) is 0.835. The van der Waals surface area contributed by atoms with Crippen LogP contribution in [0.3, 0.4) is 0 Å². The van der Waals surface area contributed by atoms with Crippen LogP contribution in [0.25, 0.3) is 0 Å². The Morgan fingerprint density at radius 3 is 2.48 bits per heavy atom. The van der Waals surface area contributed by atoms with Crippen molar-refractivity contribution in [2.45, 2.75) is 58.9 Å². The monoisotopic (exact) mass is 334 g/mol. The summed E-state index contributed by atoms with van der Waals surface area (Å²) in [6, 6.07) is 0. The molecule has 4 aliphatic carbocycles. The maximum atomic E-state index is 13.1. The number of aromatic nitrogens is 3. The van der Waals surface area contributed by atoms with E-state index in [2.05, 4.69) is 29.4 Å². The van der Waals surface area contributed by atoms with Gasteiger partial charge in [0.25, 0.3) is 0 Å². The normalized spacial score (nSPS) is 41.3. The van der Waals surface area contributed by atoms with Gasteiger partial charge in [-0.3, -0.25) is 9.89 Å². The number of carbonyl (C=O) groups excluding carboxylic acids is 1. The lowest BCUT2D eigenvalue weighted by Gasteiger charge is -2.64. The van der Waals surface area contributed by atoms with Gasteiger partial charge >= 0.3 is 0 Å². The molecule has 4 bridgehead atoms. The number of hydrogen-bond donors (Lipinski definition) is 2. The van der Waals surface area contributed by atoms with E-state index in [-0.39, 0.29) is 11.3 Å². The third-order valence-corrected chi connectivity index (χ3v) is 6.85. The van der Waals surface area contributed by atoms with Crippen LogP contribution in [0.2, 0.25) is 0 Å². The molecule has 4 saturated carbocycles. The molecule has 0 aromatic carbocycles. The van der Waals surface area contributed by atoms with Gasteiger partial charge in [-0.1, -0.05) is 13.8 Å². The van der Waals surface area contributed by atoms with Crippen LogP contribution in [0.15, 0.2) is 0 Å². The molecule has 5 rings (SSSR count). The number of nitrogens with one attached hydrogen (secondary N) is 2. The van der Waals surface area contributed by atoms with Gasteiger partial charge in [0, 0.05) is 7.05 Å². The summed E-state index contributed by atoms with van der Waals surface area (Å²) in [7, 11) is 1.88. The molecule has 1 heterocycles. The number of aromatic amines is 1. The van der Waals surface area contributed by atoms with Gasteiger partial charge in [0.05, 0.1) is 12.0 Å². The fourth-order valence-electron chi connectivity index (χ4n) is 6.59. The second-order valence-corrected chi connectivity index (χ2v) is 9.48. The lowest BCUT2D eigenvalue weighted by Crippen LogP contribution is -2.59. The summed E-state index contributed by atoms with van der Waals surface area (Å²) in [6.07, 6.45) is 7.09. The van der Waals surface area contributed by atoms with Gasteiger partial charge in [-0.2, -0.15) is 5.10 Å². The molecule has 5 nitrogen and oxygen atoms in total. The van der Waals surface area contributed by atoms with Crippen LogP contribution in [0.5, 0.6) is 0 Å². The SMILES string of the molecule is Cn1c(CNC(=O)C23CC4C[C@@](C)(C2)C[C@](C)(C4)C3)n[nH]c1=S. The van der Waals surface area contributed by atoms with Crippen molar-refractivity contribution in [2.75, 3.05) is 0 Å². The maximum absolute atomic E-state index is 13.1. The highest BCUT2D eigenvalue weighted by molar-refractivity contribution is 7.71. The average Bonchev–Trinajstić information content (AvgIpc) is 2.72. The Morgan fingerprint density at radius 1 is 1.30 bits per heavy atom. The van der Waals surface area contributed by atoms with Gasteiger partial charge in [0.1, 0.15) is 0 Å². The summed E-state index contributed by atoms with van der Waals surface area (Å²) >= 11 is 5.13. The molecular formula is C17H26N4OS. The van der Waals surface area contributed by atoms with Crippen molar-refractivity contribution in [3.63, 3.8) is 0 Å². The summed E-state index contributed by atoms with van der Waals surface area (Å²) < 4.78 is 2.40. The Kier molecular flexibility index (Phi) is 3.13. The van der Waals surface area contributed by atoms with Gasteiger partial charge < -0.3 is 9.88 Å².